The van der Waals surface area contributed by atoms with Gasteiger partial charge in [0.15, 0.2) is 5.78 Å². The molecule has 0 N–H and O–H groups in total. The van der Waals surface area contributed by atoms with Gasteiger partial charge in [-0.2, -0.15) is 0 Å². The number of Topliss-reactive ketones (excluding diaryl/α,β-unsaturated/α-hetero) is 1. The topological polar surface area (TPSA) is 20.3 Å². The van der Waals surface area contributed by atoms with E-state index in [1.807, 2.05) is 23.5 Å². The van der Waals surface area contributed by atoms with Crippen LogP contribution in [0, 0.1) is 0 Å². The van der Waals surface area contributed by atoms with E-state index in [1.165, 1.54) is 16.1 Å². The average molecular weight is 350 g/mol. The molecular formula is C16H16BrNOS. The van der Waals surface area contributed by atoms with Crippen molar-refractivity contribution in [3.8, 4) is 0 Å². The van der Waals surface area contributed by atoms with Gasteiger partial charge in [-0.1, -0.05) is 0 Å². The summed E-state index contributed by atoms with van der Waals surface area (Å²) < 4.78 is 0.996. The van der Waals surface area contributed by atoms with Gasteiger partial charge in [0.25, 0.3) is 0 Å². The second-order valence-corrected chi connectivity index (χ2v) is 7.00. The fourth-order valence-electron chi connectivity index (χ4n) is 2.80. The van der Waals surface area contributed by atoms with Crippen molar-refractivity contribution in [1.82, 2.24) is 0 Å². The summed E-state index contributed by atoms with van der Waals surface area (Å²) in [7, 11) is 0. The monoisotopic (exact) mass is 349 g/mol. The lowest BCUT2D eigenvalue weighted by Crippen LogP contribution is -2.33. The Labute approximate surface area is 131 Å². The van der Waals surface area contributed by atoms with E-state index < -0.39 is 0 Å². The SMILES string of the molecule is CC(=O)c1ccc(N2CCc3sccc3C2C)c(Br)c1. The van der Waals surface area contributed by atoms with Crippen LogP contribution in [0.25, 0.3) is 0 Å². The summed E-state index contributed by atoms with van der Waals surface area (Å²) in [6, 6.07) is 8.50. The van der Waals surface area contributed by atoms with Crippen LogP contribution in [0.3, 0.4) is 0 Å². The van der Waals surface area contributed by atoms with Crippen LogP contribution < -0.4 is 4.90 Å². The van der Waals surface area contributed by atoms with Crippen LogP contribution in [0.2, 0.25) is 0 Å². The van der Waals surface area contributed by atoms with Crippen molar-refractivity contribution in [2.75, 3.05) is 11.4 Å². The molecule has 104 valence electrons. The van der Waals surface area contributed by atoms with Crippen molar-refractivity contribution in [1.29, 1.82) is 0 Å². The molecule has 1 aromatic carbocycles. The summed E-state index contributed by atoms with van der Waals surface area (Å²) >= 11 is 5.47. The summed E-state index contributed by atoms with van der Waals surface area (Å²) in [5, 5.41) is 2.18. The third kappa shape index (κ3) is 2.31. The molecule has 3 rings (SSSR count). The van der Waals surface area contributed by atoms with Gasteiger partial charge in [-0.25, -0.2) is 0 Å². The predicted molar refractivity (Wildman–Crippen MR) is 87.9 cm³/mol. The van der Waals surface area contributed by atoms with Crippen molar-refractivity contribution in [3.05, 3.63) is 50.1 Å². The predicted octanol–water partition coefficient (Wildman–Crippen LogP) is 4.84. The third-order valence-electron chi connectivity index (χ3n) is 3.94. The van der Waals surface area contributed by atoms with Crippen LogP contribution in [0.4, 0.5) is 5.69 Å². The highest BCUT2D eigenvalue weighted by molar-refractivity contribution is 9.10. The molecule has 4 heteroatoms. The molecule has 0 saturated heterocycles. The number of carbonyl (C=O) groups is 1. The highest BCUT2D eigenvalue weighted by atomic mass is 79.9. The number of ketones is 1. The molecule has 0 amide bonds. The smallest absolute Gasteiger partial charge is 0.159 e. The van der Waals surface area contributed by atoms with E-state index in [-0.39, 0.29) is 5.78 Å². The van der Waals surface area contributed by atoms with E-state index in [4.69, 9.17) is 0 Å². The van der Waals surface area contributed by atoms with Crippen LogP contribution in [-0.4, -0.2) is 12.3 Å². The van der Waals surface area contributed by atoms with Gasteiger partial charge in [0.2, 0.25) is 0 Å². The molecule has 0 spiro atoms. The number of fused-ring (bicyclic) bond motifs is 1. The quantitative estimate of drug-likeness (QED) is 0.723. The number of hydrogen-bond donors (Lipinski definition) is 0. The number of thiophene rings is 1. The minimum Gasteiger partial charge on any atom is -0.363 e. The first-order valence-electron chi connectivity index (χ1n) is 6.71. The lowest BCUT2D eigenvalue weighted by molar-refractivity contribution is 0.101. The molecule has 0 saturated carbocycles. The zero-order valence-corrected chi connectivity index (χ0v) is 13.9. The summed E-state index contributed by atoms with van der Waals surface area (Å²) in [5.41, 5.74) is 3.35. The minimum atomic E-state index is 0.101. The summed E-state index contributed by atoms with van der Waals surface area (Å²) in [4.78, 5) is 15.4. The fourth-order valence-corrected chi connectivity index (χ4v) is 4.37. The second-order valence-electron chi connectivity index (χ2n) is 5.14. The highest BCUT2D eigenvalue weighted by Crippen LogP contribution is 2.39. The Bertz CT molecular complexity index is 664. The summed E-state index contributed by atoms with van der Waals surface area (Å²) in [6.07, 6.45) is 1.10. The lowest BCUT2D eigenvalue weighted by Gasteiger charge is -2.36. The van der Waals surface area contributed by atoms with Crippen molar-refractivity contribution in [2.45, 2.75) is 26.3 Å². The van der Waals surface area contributed by atoms with E-state index >= 15 is 0 Å². The molecule has 1 aliphatic rings. The number of halogens is 1. The zero-order valence-electron chi connectivity index (χ0n) is 11.5. The second kappa shape index (κ2) is 5.34. The Morgan fingerprint density at radius 3 is 2.90 bits per heavy atom. The van der Waals surface area contributed by atoms with E-state index in [0.717, 1.165) is 23.0 Å². The van der Waals surface area contributed by atoms with Crippen LogP contribution >= 0.6 is 27.3 Å². The van der Waals surface area contributed by atoms with Crippen molar-refractivity contribution >= 4 is 38.7 Å². The largest absolute Gasteiger partial charge is 0.363 e. The van der Waals surface area contributed by atoms with Gasteiger partial charge in [-0.3, -0.25) is 4.79 Å². The van der Waals surface area contributed by atoms with E-state index in [2.05, 4.69) is 45.3 Å². The van der Waals surface area contributed by atoms with Gasteiger partial charge < -0.3 is 4.90 Å². The number of anilines is 1. The van der Waals surface area contributed by atoms with E-state index in [1.54, 1.807) is 6.92 Å². The van der Waals surface area contributed by atoms with E-state index in [9.17, 15) is 4.79 Å². The number of benzene rings is 1. The first-order valence-corrected chi connectivity index (χ1v) is 8.38. The van der Waals surface area contributed by atoms with Crippen molar-refractivity contribution < 1.29 is 4.79 Å². The Hall–Kier alpha value is -1.13. The molecule has 0 bridgehead atoms. The summed E-state index contributed by atoms with van der Waals surface area (Å²) in [5.74, 6) is 0.101. The normalized spacial score (nSPS) is 17.9. The van der Waals surface area contributed by atoms with Gasteiger partial charge in [-0.05, 0) is 71.4 Å². The maximum absolute atomic E-state index is 11.4. The highest BCUT2D eigenvalue weighted by Gasteiger charge is 2.26. The van der Waals surface area contributed by atoms with Crippen LogP contribution in [0.15, 0.2) is 34.1 Å². The first-order chi connectivity index (χ1) is 9.58. The van der Waals surface area contributed by atoms with Crippen LogP contribution in [0.1, 0.15) is 40.7 Å². The lowest BCUT2D eigenvalue weighted by atomic mass is 10.0. The molecule has 1 aliphatic heterocycles. The molecule has 2 heterocycles. The maximum Gasteiger partial charge on any atom is 0.159 e. The number of hydrogen-bond acceptors (Lipinski definition) is 3. The molecule has 1 atom stereocenters. The Morgan fingerprint density at radius 2 is 2.20 bits per heavy atom. The number of rotatable bonds is 2. The minimum absolute atomic E-state index is 0.101. The van der Waals surface area contributed by atoms with E-state index in [0.29, 0.717) is 6.04 Å². The molecule has 0 radical (unpaired) electrons. The average Bonchev–Trinajstić information content (AvgIpc) is 2.89. The molecular weight excluding hydrogens is 334 g/mol. The number of nitrogens with zero attached hydrogens (tertiary/aromatic N) is 1. The molecule has 1 aromatic heterocycles. The fraction of sp³-hybridized carbons (Fsp3) is 0.312. The molecule has 2 aromatic rings. The van der Waals surface area contributed by atoms with Gasteiger partial charge in [0, 0.05) is 21.5 Å². The van der Waals surface area contributed by atoms with Gasteiger partial charge >= 0.3 is 0 Å². The zero-order chi connectivity index (χ0) is 14.3. The van der Waals surface area contributed by atoms with Gasteiger partial charge in [0.1, 0.15) is 0 Å². The Balaban J connectivity index is 1.96. The van der Waals surface area contributed by atoms with Crippen molar-refractivity contribution in [2.24, 2.45) is 0 Å². The van der Waals surface area contributed by atoms with Gasteiger partial charge in [-0.15, -0.1) is 11.3 Å². The third-order valence-corrected chi connectivity index (χ3v) is 5.57. The maximum atomic E-state index is 11.4. The molecule has 2 nitrogen and oxygen atoms in total. The van der Waals surface area contributed by atoms with Crippen LogP contribution in [0.5, 0.6) is 0 Å². The molecule has 0 aliphatic carbocycles. The first kappa shape index (κ1) is 13.8. The molecule has 20 heavy (non-hydrogen) atoms. The van der Waals surface area contributed by atoms with Crippen LogP contribution in [-0.2, 0) is 6.42 Å². The number of carbonyl (C=O) groups excluding carboxylic acids is 1. The Kier molecular flexibility index (Phi) is 3.69. The van der Waals surface area contributed by atoms with Gasteiger partial charge in [0.05, 0.1) is 11.7 Å². The molecule has 0 fully saturated rings. The summed E-state index contributed by atoms with van der Waals surface area (Å²) in [6.45, 7) is 4.87. The molecule has 1 unspecified atom stereocenters. The standard InChI is InChI=1S/C16H16BrNOS/c1-10-13-6-8-20-16(13)5-7-18(10)15-4-3-12(11(2)19)9-14(15)17/h3-4,6,8-10H,5,7H2,1-2H3. The van der Waals surface area contributed by atoms with Crippen molar-refractivity contribution in [3.63, 3.8) is 0 Å². The Morgan fingerprint density at radius 1 is 1.40 bits per heavy atom.